The lowest BCUT2D eigenvalue weighted by Crippen LogP contribution is -2.21. The highest BCUT2D eigenvalue weighted by Crippen LogP contribution is 2.30. The fourth-order valence-corrected chi connectivity index (χ4v) is 2.50. The third-order valence-electron chi connectivity index (χ3n) is 2.00. The molecular formula is C8H12N2OS. The van der Waals surface area contributed by atoms with Gasteiger partial charge < -0.3 is 10.5 Å². The normalized spacial score (nSPS) is 22.3. The van der Waals surface area contributed by atoms with Crippen molar-refractivity contribution >= 4 is 11.3 Å². The Morgan fingerprint density at radius 1 is 1.75 bits per heavy atom. The van der Waals surface area contributed by atoms with Gasteiger partial charge in [0.2, 0.25) is 0 Å². The molecule has 1 aliphatic heterocycles. The summed E-state index contributed by atoms with van der Waals surface area (Å²) >= 11 is 1.71. The number of fused-ring (bicyclic) bond motifs is 1. The van der Waals surface area contributed by atoms with Gasteiger partial charge in [0, 0.05) is 13.0 Å². The van der Waals surface area contributed by atoms with Crippen LogP contribution in [0.5, 0.6) is 0 Å². The number of nitrogens with zero attached hydrogens (tertiary/aromatic N) is 1. The van der Waals surface area contributed by atoms with Gasteiger partial charge in [0.15, 0.2) is 0 Å². The molecule has 0 bridgehead atoms. The summed E-state index contributed by atoms with van der Waals surface area (Å²) in [6, 6.07) is 0. The highest BCUT2D eigenvalue weighted by molar-refractivity contribution is 7.11. The average Bonchev–Trinajstić information content (AvgIpc) is 2.44. The summed E-state index contributed by atoms with van der Waals surface area (Å²) in [5, 5.41) is 1.11. The molecule has 2 rings (SSSR count). The lowest BCUT2D eigenvalue weighted by molar-refractivity contribution is 0.0505. The van der Waals surface area contributed by atoms with E-state index < -0.39 is 0 Å². The van der Waals surface area contributed by atoms with E-state index in [2.05, 4.69) is 4.98 Å². The molecule has 0 saturated carbocycles. The number of nitrogens with two attached hydrogens (primary N) is 1. The van der Waals surface area contributed by atoms with E-state index in [1.165, 1.54) is 10.6 Å². The Hall–Kier alpha value is -0.450. The van der Waals surface area contributed by atoms with Crippen LogP contribution in [0.25, 0.3) is 0 Å². The monoisotopic (exact) mass is 184 g/mol. The fourth-order valence-electron chi connectivity index (χ4n) is 1.47. The van der Waals surface area contributed by atoms with Crippen LogP contribution < -0.4 is 5.73 Å². The maximum atomic E-state index is 5.58. The average molecular weight is 184 g/mol. The summed E-state index contributed by atoms with van der Waals surface area (Å²) in [4.78, 5) is 5.67. The molecule has 0 radical (unpaired) electrons. The van der Waals surface area contributed by atoms with Crippen molar-refractivity contribution in [2.45, 2.75) is 19.4 Å². The number of aromatic nitrogens is 1. The molecule has 1 unspecified atom stereocenters. The van der Waals surface area contributed by atoms with Gasteiger partial charge in [-0.2, -0.15) is 0 Å². The Bertz CT molecular complexity index is 285. The van der Waals surface area contributed by atoms with Crippen LogP contribution in [-0.2, 0) is 11.2 Å². The largest absolute Gasteiger partial charge is 0.371 e. The zero-order valence-electron chi connectivity index (χ0n) is 7.04. The Labute approximate surface area is 75.6 Å². The second kappa shape index (κ2) is 3.12. The molecule has 12 heavy (non-hydrogen) atoms. The topological polar surface area (TPSA) is 48.1 Å². The molecule has 0 aliphatic carbocycles. The summed E-state index contributed by atoms with van der Waals surface area (Å²) in [5.74, 6) is 0. The lowest BCUT2D eigenvalue weighted by Gasteiger charge is -2.20. The molecule has 0 saturated heterocycles. The van der Waals surface area contributed by atoms with Crippen LogP contribution in [0, 0.1) is 6.92 Å². The van der Waals surface area contributed by atoms with E-state index in [0.717, 1.165) is 18.0 Å². The van der Waals surface area contributed by atoms with Crippen molar-refractivity contribution in [2.75, 3.05) is 13.2 Å². The molecule has 1 aromatic rings. The van der Waals surface area contributed by atoms with Gasteiger partial charge in [0.05, 0.1) is 22.2 Å². The number of ether oxygens (including phenoxy) is 1. The van der Waals surface area contributed by atoms with Crippen LogP contribution in [0.2, 0.25) is 0 Å². The predicted molar refractivity (Wildman–Crippen MR) is 48.3 cm³/mol. The predicted octanol–water partition coefficient (Wildman–Crippen LogP) is 1.02. The molecule has 1 aromatic heterocycles. The first-order valence-electron chi connectivity index (χ1n) is 4.09. The highest BCUT2D eigenvalue weighted by Gasteiger charge is 2.22. The van der Waals surface area contributed by atoms with Crippen molar-refractivity contribution in [3.05, 3.63) is 15.6 Å². The Morgan fingerprint density at radius 3 is 3.33 bits per heavy atom. The van der Waals surface area contributed by atoms with Crippen molar-refractivity contribution in [1.82, 2.24) is 4.98 Å². The molecule has 2 N–H and O–H groups in total. The Kier molecular flexibility index (Phi) is 2.12. The maximum Gasteiger partial charge on any atom is 0.106 e. The zero-order chi connectivity index (χ0) is 8.55. The van der Waals surface area contributed by atoms with Crippen LogP contribution in [0.4, 0.5) is 0 Å². The molecule has 3 nitrogen and oxygen atoms in total. The summed E-state index contributed by atoms with van der Waals surface area (Å²) in [7, 11) is 0. The molecule has 0 amide bonds. The number of rotatable bonds is 1. The minimum absolute atomic E-state index is 0.0972. The van der Waals surface area contributed by atoms with Crippen LogP contribution in [0.1, 0.15) is 21.7 Å². The Balaban J connectivity index is 2.36. The van der Waals surface area contributed by atoms with E-state index in [4.69, 9.17) is 10.5 Å². The van der Waals surface area contributed by atoms with Gasteiger partial charge in [-0.25, -0.2) is 4.98 Å². The standard InChI is InChI=1S/C8H12N2OS/c1-5-10-6-2-3-11-7(4-9)8(6)12-5/h7H,2-4,9H2,1H3. The van der Waals surface area contributed by atoms with Gasteiger partial charge in [0.25, 0.3) is 0 Å². The zero-order valence-corrected chi connectivity index (χ0v) is 7.86. The maximum absolute atomic E-state index is 5.58. The molecule has 4 heteroatoms. The Morgan fingerprint density at radius 2 is 2.58 bits per heavy atom. The van der Waals surface area contributed by atoms with Crippen molar-refractivity contribution in [3.63, 3.8) is 0 Å². The quantitative estimate of drug-likeness (QED) is 0.709. The molecule has 0 fully saturated rings. The van der Waals surface area contributed by atoms with E-state index >= 15 is 0 Å². The van der Waals surface area contributed by atoms with Gasteiger partial charge >= 0.3 is 0 Å². The molecular weight excluding hydrogens is 172 g/mol. The lowest BCUT2D eigenvalue weighted by atomic mass is 10.1. The third-order valence-corrected chi connectivity index (χ3v) is 3.10. The summed E-state index contributed by atoms with van der Waals surface area (Å²) in [6.07, 6.45) is 1.04. The minimum Gasteiger partial charge on any atom is -0.371 e. The van der Waals surface area contributed by atoms with Crippen molar-refractivity contribution in [2.24, 2.45) is 5.73 Å². The van der Waals surface area contributed by atoms with Crippen LogP contribution in [0.3, 0.4) is 0 Å². The molecule has 1 aliphatic rings. The third kappa shape index (κ3) is 1.26. The summed E-state index contributed by atoms with van der Waals surface area (Å²) in [6.45, 7) is 3.35. The van der Waals surface area contributed by atoms with Crippen LogP contribution in [-0.4, -0.2) is 18.1 Å². The van der Waals surface area contributed by atoms with Crippen molar-refractivity contribution < 1.29 is 4.74 Å². The fraction of sp³-hybridized carbons (Fsp3) is 0.625. The van der Waals surface area contributed by atoms with Gasteiger partial charge in [-0.15, -0.1) is 11.3 Å². The van der Waals surface area contributed by atoms with Gasteiger partial charge in [-0.05, 0) is 6.92 Å². The van der Waals surface area contributed by atoms with Gasteiger partial charge in [-0.1, -0.05) is 0 Å². The number of hydrogen-bond acceptors (Lipinski definition) is 4. The summed E-state index contributed by atoms with van der Waals surface area (Å²) < 4.78 is 5.51. The molecule has 66 valence electrons. The molecule has 1 atom stereocenters. The van der Waals surface area contributed by atoms with Crippen molar-refractivity contribution in [1.29, 1.82) is 0 Å². The number of aryl methyl sites for hydroxylation is 1. The molecule has 2 heterocycles. The van der Waals surface area contributed by atoms with Crippen LogP contribution in [0.15, 0.2) is 0 Å². The first-order chi connectivity index (χ1) is 5.81. The smallest absolute Gasteiger partial charge is 0.106 e. The van der Waals surface area contributed by atoms with E-state index in [1.54, 1.807) is 11.3 Å². The summed E-state index contributed by atoms with van der Waals surface area (Å²) in [5.41, 5.74) is 6.77. The molecule has 0 aromatic carbocycles. The molecule has 0 spiro atoms. The first kappa shape index (κ1) is 8.16. The van der Waals surface area contributed by atoms with E-state index in [-0.39, 0.29) is 6.10 Å². The van der Waals surface area contributed by atoms with E-state index in [0.29, 0.717) is 6.54 Å². The van der Waals surface area contributed by atoms with Crippen LogP contribution >= 0.6 is 11.3 Å². The van der Waals surface area contributed by atoms with Crippen molar-refractivity contribution in [3.8, 4) is 0 Å². The second-order valence-corrected chi connectivity index (χ2v) is 4.12. The van der Waals surface area contributed by atoms with E-state index in [9.17, 15) is 0 Å². The van der Waals surface area contributed by atoms with Gasteiger partial charge in [-0.3, -0.25) is 0 Å². The second-order valence-electron chi connectivity index (χ2n) is 2.89. The number of thiazole rings is 1. The van der Waals surface area contributed by atoms with E-state index in [1.807, 2.05) is 6.92 Å². The highest BCUT2D eigenvalue weighted by atomic mass is 32.1. The SMILES string of the molecule is Cc1nc2c(s1)C(CN)OCC2. The van der Waals surface area contributed by atoms with Gasteiger partial charge in [0.1, 0.15) is 6.10 Å². The first-order valence-corrected chi connectivity index (χ1v) is 4.91. The minimum atomic E-state index is 0.0972. The number of hydrogen-bond donors (Lipinski definition) is 1.